The fourth-order valence-electron chi connectivity index (χ4n) is 2.62. The van der Waals surface area contributed by atoms with Crippen LogP contribution in [-0.2, 0) is 9.47 Å². The quantitative estimate of drug-likeness (QED) is 0.772. The molecule has 0 spiro atoms. The topological polar surface area (TPSA) is 50.8 Å². The summed E-state index contributed by atoms with van der Waals surface area (Å²) in [5.41, 5.74) is 0.258. The van der Waals surface area contributed by atoms with Gasteiger partial charge in [-0.3, -0.25) is 0 Å². The third-order valence-corrected chi connectivity index (χ3v) is 3.81. The molecule has 1 atom stereocenters. The van der Waals surface area contributed by atoms with Crippen molar-refractivity contribution in [2.75, 3.05) is 39.5 Å². The van der Waals surface area contributed by atoms with E-state index in [1.165, 1.54) is 0 Å². The van der Waals surface area contributed by atoms with Gasteiger partial charge in [-0.2, -0.15) is 0 Å². The van der Waals surface area contributed by atoms with Crippen molar-refractivity contribution in [2.45, 2.75) is 39.2 Å². The molecule has 0 aliphatic carbocycles. The molecule has 2 amide bonds. The Hall–Kier alpha value is -0.810. The minimum atomic E-state index is 0.0336. The standard InChI is InChI=1S/C14H26N2O3/c1-14(2)5-7-16(11-14)13(17)15-6-9-18-10-12-4-3-8-19-12/h12H,3-11H2,1-2H3,(H,15,17)/t12-/m1/s1. The van der Waals surface area contributed by atoms with Crippen molar-refractivity contribution < 1.29 is 14.3 Å². The van der Waals surface area contributed by atoms with Crippen LogP contribution in [0.3, 0.4) is 0 Å². The smallest absolute Gasteiger partial charge is 0.317 e. The summed E-state index contributed by atoms with van der Waals surface area (Å²) in [5, 5.41) is 2.91. The fraction of sp³-hybridized carbons (Fsp3) is 0.929. The van der Waals surface area contributed by atoms with Gasteiger partial charge in [0.1, 0.15) is 0 Å². The lowest BCUT2D eigenvalue weighted by molar-refractivity contribution is 0.0186. The SMILES string of the molecule is CC1(C)CCN(C(=O)NCCOC[C@H]2CCCO2)C1. The molecular formula is C14H26N2O3. The van der Waals surface area contributed by atoms with Crippen LogP contribution in [0.1, 0.15) is 33.1 Å². The lowest BCUT2D eigenvalue weighted by Gasteiger charge is -2.20. The van der Waals surface area contributed by atoms with Crippen LogP contribution in [0, 0.1) is 5.41 Å². The number of carbonyl (C=O) groups excluding carboxylic acids is 1. The zero-order valence-corrected chi connectivity index (χ0v) is 12.1. The monoisotopic (exact) mass is 270 g/mol. The Morgan fingerprint density at radius 2 is 2.37 bits per heavy atom. The van der Waals surface area contributed by atoms with Crippen molar-refractivity contribution in [1.29, 1.82) is 0 Å². The summed E-state index contributed by atoms with van der Waals surface area (Å²) in [6.07, 6.45) is 3.57. The van der Waals surface area contributed by atoms with Crippen LogP contribution in [-0.4, -0.2) is 56.5 Å². The molecule has 2 aliphatic rings. The highest BCUT2D eigenvalue weighted by Crippen LogP contribution is 2.28. The highest BCUT2D eigenvalue weighted by Gasteiger charge is 2.31. The molecule has 5 heteroatoms. The summed E-state index contributed by atoms with van der Waals surface area (Å²) in [7, 11) is 0. The number of nitrogens with one attached hydrogen (secondary N) is 1. The Morgan fingerprint density at radius 1 is 1.53 bits per heavy atom. The van der Waals surface area contributed by atoms with E-state index >= 15 is 0 Å². The van der Waals surface area contributed by atoms with Crippen molar-refractivity contribution in [1.82, 2.24) is 10.2 Å². The summed E-state index contributed by atoms with van der Waals surface area (Å²) in [4.78, 5) is 13.8. The highest BCUT2D eigenvalue weighted by atomic mass is 16.5. The number of rotatable bonds is 5. The molecule has 0 aromatic rings. The van der Waals surface area contributed by atoms with Gasteiger partial charge in [-0.15, -0.1) is 0 Å². The molecule has 0 unspecified atom stereocenters. The number of carbonyl (C=O) groups is 1. The first-order valence-corrected chi connectivity index (χ1v) is 7.29. The normalized spacial score (nSPS) is 25.8. The minimum absolute atomic E-state index is 0.0336. The van der Waals surface area contributed by atoms with E-state index in [1.54, 1.807) is 0 Å². The van der Waals surface area contributed by atoms with Gasteiger partial charge in [0, 0.05) is 26.2 Å². The molecule has 2 saturated heterocycles. The summed E-state index contributed by atoms with van der Waals surface area (Å²) < 4.78 is 11.0. The summed E-state index contributed by atoms with van der Waals surface area (Å²) in [5.74, 6) is 0. The molecule has 110 valence electrons. The van der Waals surface area contributed by atoms with Crippen molar-refractivity contribution in [2.24, 2.45) is 5.41 Å². The van der Waals surface area contributed by atoms with Gasteiger partial charge >= 0.3 is 6.03 Å². The second-order valence-corrected chi connectivity index (χ2v) is 6.28. The molecule has 0 aromatic heterocycles. The lowest BCUT2D eigenvalue weighted by Crippen LogP contribution is -2.40. The van der Waals surface area contributed by atoms with E-state index in [0.29, 0.717) is 19.8 Å². The molecule has 0 radical (unpaired) electrons. The molecule has 2 heterocycles. The predicted molar refractivity (Wildman–Crippen MR) is 73.2 cm³/mol. The summed E-state index contributed by atoms with van der Waals surface area (Å²) in [6, 6.07) is 0.0336. The summed E-state index contributed by atoms with van der Waals surface area (Å²) >= 11 is 0. The molecule has 2 rings (SSSR count). The Kier molecular flexibility index (Phi) is 5.05. The van der Waals surface area contributed by atoms with Gasteiger partial charge in [0.2, 0.25) is 0 Å². The average molecular weight is 270 g/mol. The zero-order valence-electron chi connectivity index (χ0n) is 12.1. The highest BCUT2D eigenvalue weighted by molar-refractivity contribution is 5.74. The van der Waals surface area contributed by atoms with E-state index in [2.05, 4.69) is 19.2 Å². The predicted octanol–water partition coefficient (Wildman–Crippen LogP) is 1.62. The second-order valence-electron chi connectivity index (χ2n) is 6.28. The van der Waals surface area contributed by atoms with E-state index in [-0.39, 0.29) is 17.6 Å². The van der Waals surface area contributed by atoms with Crippen LogP contribution in [0.15, 0.2) is 0 Å². The Morgan fingerprint density at radius 3 is 3.00 bits per heavy atom. The number of amides is 2. The van der Waals surface area contributed by atoms with Crippen molar-refractivity contribution in [3.63, 3.8) is 0 Å². The molecule has 2 aliphatic heterocycles. The van der Waals surface area contributed by atoms with Crippen LogP contribution in [0.25, 0.3) is 0 Å². The third-order valence-electron chi connectivity index (χ3n) is 3.81. The minimum Gasteiger partial charge on any atom is -0.377 e. The van der Waals surface area contributed by atoms with Gasteiger partial charge in [0.05, 0.1) is 19.3 Å². The van der Waals surface area contributed by atoms with E-state index in [9.17, 15) is 4.79 Å². The maximum Gasteiger partial charge on any atom is 0.317 e. The van der Waals surface area contributed by atoms with E-state index < -0.39 is 0 Å². The Bertz CT molecular complexity index is 301. The first-order chi connectivity index (χ1) is 9.07. The first kappa shape index (κ1) is 14.6. The molecule has 0 saturated carbocycles. The van der Waals surface area contributed by atoms with Gasteiger partial charge in [-0.1, -0.05) is 13.8 Å². The molecule has 2 fully saturated rings. The van der Waals surface area contributed by atoms with Gasteiger partial charge in [-0.05, 0) is 24.7 Å². The Balaban J connectivity index is 1.52. The van der Waals surface area contributed by atoms with Crippen LogP contribution in [0.4, 0.5) is 4.79 Å². The molecule has 1 N–H and O–H groups in total. The number of ether oxygens (including phenoxy) is 2. The van der Waals surface area contributed by atoms with Crippen molar-refractivity contribution in [3.8, 4) is 0 Å². The molecular weight excluding hydrogens is 244 g/mol. The van der Waals surface area contributed by atoms with Crippen molar-refractivity contribution >= 4 is 6.03 Å². The summed E-state index contributed by atoms with van der Waals surface area (Å²) in [6.45, 7) is 8.73. The lowest BCUT2D eigenvalue weighted by atomic mass is 9.93. The van der Waals surface area contributed by atoms with E-state index in [0.717, 1.165) is 39.0 Å². The van der Waals surface area contributed by atoms with Crippen LogP contribution in [0.5, 0.6) is 0 Å². The maximum atomic E-state index is 11.9. The molecule has 0 bridgehead atoms. The van der Waals surface area contributed by atoms with Gasteiger partial charge < -0.3 is 19.7 Å². The van der Waals surface area contributed by atoms with Crippen molar-refractivity contribution in [3.05, 3.63) is 0 Å². The molecule has 19 heavy (non-hydrogen) atoms. The number of urea groups is 1. The number of nitrogens with zero attached hydrogens (tertiary/aromatic N) is 1. The van der Waals surface area contributed by atoms with E-state index in [1.807, 2.05) is 4.90 Å². The maximum absolute atomic E-state index is 11.9. The van der Waals surface area contributed by atoms with Crippen LogP contribution in [0.2, 0.25) is 0 Å². The third kappa shape index (κ3) is 4.66. The fourth-order valence-corrected chi connectivity index (χ4v) is 2.62. The zero-order chi connectivity index (χ0) is 13.7. The first-order valence-electron chi connectivity index (χ1n) is 7.29. The number of hydrogen-bond donors (Lipinski definition) is 1. The molecule has 5 nitrogen and oxygen atoms in total. The Labute approximate surface area is 115 Å². The van der Waals surface area contributed by atoms with E-state index in [4.69, 9.17) is 9.47 Å². The largest absolute Gasteiger partial charge is 0.377 e. The number of likely N-dealkylation sites (tertiary alicyclic amines) is 1. The van der Waals surface area contributed by atoms with Crippen LogP contribution < -0.4 is 5.32 Å². The van der Waals surface area contributed by atoms with Gasteiger partial charge in [0.25, 0.3) is 0 Å². The van der Waals surface area contributed by atoms with Gasteiger partial charge in [-0.25, -0.2) is 4.79 Å². The van der Waals surface area contributed by atoms with Crippen LogP contribution >= 0.6 is 0 Å². The molecule has 0 aromatic carbocycles. The number of hydrogen-bond acceptors (Lipinski definition) is 3. The average Bonchev–Trinajstić information content (AvgIpc) is 2.98. The second kappa shape index (κ2) is 6.57. The van der Waals surface area contributed by atoms with Gasteiger partial charge in [0.15, 0.2) is 0 Å².